The normalized spacial score (nSPS) is 14.1. The van der Waals surface area contributed by atoms with E-state index in [1.54, 1.807) is 53.1 Å². The maximum Gasteiger partial charge on any atom is 0.416 e. The third-order valence-corrected chi connectivity index (χ3v) is 6.93. The first-order chi connectivity index (χ1) is 18.4. The van der Waals surface area contributed by atoms with E-state index in [1.165, 1.54) is 19.2 Å². The highest BCUT2D eigenvalue weighted by Gasteiger charge is 2.38. The van der Waals surface area contributed by atoms with Crippen LogP contribution in [0.4, 0.5) is 26.3 Å². The maximum atomic E-state index is 13.7. The third kappa shape index (κ3) is 3.70. The summed E-state index contributed by atoms with van der Waals surface area (Å²) in [5, 5.41) is 1.22. The van der Waals surface area contributed by atoms with Crippen molar-refractivity contribution in [1.29, 1.82) is 0 Å². The Morgan fingerprint density at radius 3 is 1.90 bits per heavy atom. The minimum absolute atomic E-state index is 0.0867. The zero-order chi connectivity index (χ0) is 27.9. The summed E-state index contributed by atoms with van der Waals surface area (Å²) in [6, 6.07) is 17.8. The molecule has 5 aromatic rings. The van der Waals surface area contributed by atoms with Gasteiger partial charge in [-0.3, -0.25) is 14.5 Å². The molecule has 2 amide bonds. The Labute approximate surface area is 216 Å². The molecule has 0 bridgehead atoms. The van der Waals surface area contributed by atoms with Gasteiger partial charge in [0.2, 0.25) is 0 Å². The van der Waals surface area contributed by atoms with Gasteiger partial charge in [-0.25, -0.2) is 0 Å². The number of halogens is 6. The molecule has 0 saturated heterocycles. The van der Waals surface area contributed by atoms with Crippen LogP contribution in [0.15, 0.2) is 78.9 Å². The summed E-state index contributed by atoms with van der Waals surface area (Å²) in [4.78, 5) is 26.8. The van der Waals surface area contributed by atoms with Gasteiger partial charge in [0.15, 0.2) is 0 Å². The molecule has 10 heteroatoms. The molecule has 39 heavy (non-hydrogen) atoms. The van der Waals surface area contributed by atoms with Crippen molar-refractivity contribution in [3.05, 3.63) is 101 Å². The molecule has 0 saturated carbocycles. The molecule has 0 radical (unpaired) electrons. The fourth-order valence-electron chi connectivity index (χ4n) is 5.18. The van der Waals surface area contributed by atoms with Crippen LogP contribution in [0.1, 0.15) is 31.8 Å². The summed E-state index contributed by atoms with van der Waals surface area (Å²) in [5.41, 5.74) is -1.66. The molecule has 1 aliphatic rings. The number of aromatic nitrogens is 1. The van der Waals surface area contributed by atoms with E-state index in [0.717, 1.165) is 4.90 Å². The van der Waals surface area contributed by atoms with Crippen LogP contribution in [0, 0.1) is 0 Å². The van der Waals surface area contributed by atoms with E-state index in [4.69, 9.17) is 0 Å². The molecular formula is C29H16F6N2O2. The second kappa shape index (κ2) is 8.20. The van der Waals surface area contributed by atoms with Crippen LogP contribution in [0.3, 0.4) is 0 Å². The molecule has 196 valence electrons. The third-order valence-electron chi connectivity index (χ3n) is 6.93. The second-order valence-corrected chi connectivity index (χ2v) is 9.22. The summed E-state index contributed by atoms with van der Waals surface area (Å²) < 4.78 is 83.8. The fraction of sp³-hybridized carbons (Fsp3) is 0.103. The SMILES string of the molecule is CN1C(=O)c2cccc(-n3c4ccccc4c4cccc(-c5cc(C(F)(F)F)cc(C(F)(F)F)c5)c43)c2C1=O. The lowest BCUT2D eigenvalue weighted by atomic mass is 9.97. The maximum absolute atomic E-state index is 13.7. The molecule has 0 unspecified atom stereocenters. The van der Waals surface area contributed by atoms with Crippen molar-refractivity contribution in [3.8, 4) is 16.8 Å². The molecule has 0 aliphatic carbocycles. The highest BCUT2D eigenvalue weighted by molar-refractivity contribution is 6.23. The van der Waals surface area contributed by atoms with Gasteiger partial charge in [-0.2, -0.15) is 26.3 Å². The van der Waals surface area contributed by atoms with Gasteiger partial charge in [-0.05, 0) is 42.0 Å². The molecule has 2 heterocycles. The van der Waals surface area contributed by atoms with Crippen LogP contribution >= 0.6 is 0 Å². The van der Waals surface area contributed by atoms with Crippen molar-refractivity contribution in [3.63, 3.8) is 0 Å². The van der Waals surface area contributed by atoms with E-state index in [-0.39, 0.29) is 34.0 Å². The highest BCUT2D eigenvalue weighted by Crippen LogP contribution is 2.43. The lowest BCUT2D eigenvalue weighted by molar-refractivity contribution is -0.143. The van der Waals surface area contributed by atoms with Crippen molar-refractivity contribution in [2.24, 2.45) is 0 Å². The number of para-hydroxylation sites is 2. The predicted octanol–water partition coefficient (Wildman–Crippen LogP) is 7.71. The highest BCUT2D eigenvalue weighted by atomic mass is 19.4. The number of benzene rings is 4. The van der Waals surface area contributed by atoms with Crippen molar-refractivity contribution in [2.45, 2.75) is 12.4 Å². The van der Waals surface area contributed by atoms with Gasteiger partial charge in [0.05, 0.1) is 39.0 Å². The van der Waals surface area contributed by atoms with Gasteiger partial charge < -0.3 is 4.57 Å². The average Bonchev–Trinajstić information content (AvgIpc) is 3.35. The predicted molar refractivity (Wildman–Crippen MR) is 133 cm³/mol. The molecule has 0 atom stereocenters. The Kier molecular flexibility index (Phi) is 5.20. The number of fused-ring (bicyclic) bond motifs is 4. The molecule has 4 nitrogen and oxygen atoms in total. The Morgan fingerprint density at radius 2 is 1.23 bits per heavy atom. The average molecular weight is 538 g/mol. The van der Waals surface area contributed by atoms with Gasteiger partial charge in [0.1, 0.15) is 0 Å². The molecular weight excluding hydrogens is 522 g/mol. The van der Waals surface area contributed by atoms with Crippen LogP contribution in [-0.4, -0.2) is 28.3 Å². The summed E-state index contributed by atoms with van der Waals surface area (Å²) in [6.07, 6.45) is -10.0. The van der Waals surface area contributed by atoms with Gasteiger partial charge in [0.25, 0.3) is 11.8 Å². The first-order valence-electron chi connectivity index (χ1n) is 11.7. The Hall–Kier alpha value is -4.60. The van der Waals surface area contributed by atoms with Crippen molar-refractivity contribution < 1.29 is 35.9 Å². The van der Waals surface area contributed by atoms with Gasteiger partial charge in [0, 0.05) is 23.4 Å². The summed E-state index contributed by atoms with van der Waals surface area (Å²) in [6.45, 7) is 0. The van der Waals surface area contributed by atoms with Crippen molar-refractivity contribution >= 4 is 33.6 Å². The largest absolute Gasteiger partial charge is 0.416 e. The van der Waals surface area contributed by atoms with Crippen LogP contribution < -0.4 is 0 Å². The van der Waals surface area contributed by atoms with Crippen LogP contribution in [-0.2, 0) is 12.4 Å². The summed E-state index contributed by atoms with van der Waals surface area (Å²) in [7, 11) is 1.34. The molecule has 0 fully saturated rings. The lowest BCUT2D eigenvalue weighted by Crippen LogP contribution is -2.24. The number of hydrogen-bond donors (Lipinski definition) is 0. The number of nitrogens with zero attached hydrogens (tertiary/aromatic N) is 2. The Morgan fingerprint density at radius 1 is 0.641 bits per heavy atom. The number of alkyl halides is 6. The molecule has 1 aliphatic heterocycles. The lowest BCUT2D eigenvalue weighted by Gasteiger charge is -2.17. The Bertz CT molecular complexity index is 1820. The van der Waals surface area contributed by atoms with E-state index in [0.29, 0.717) is 33.9 Å². The van der Waals surface area contributed by atoms with E-state index in [2.05, 4.69) is 0 Å². The van der Waals surface area contributed by atoms with E-state index in [1.807, 2.05) is 0 Å². The van der Waals surface area contributed by atoms with Gasteiger partial charge >= 0.3 is 12.4 Å². The van der Waals surface area contributed by atoms with E-state index >= 15 is 0 Å². The standard InChI is InChI=1S/C29H16F6N2O2/c1-36-26(38)21-9-5-11-23(24(21)27(36)39)37-22-10-3-2-6-19(22)20-8-4-7-18(25(20)37)15-12-16(28(30,31)32)14-17(13-15)29(33,34)35/h2-14H,1H3. The fourth-order valence-corrected chi connectivity index (χ4v) is 5.18. The molecule has 4 aromatic carbocycles. The number of rotatable bonds is 2. The van der Waals surface area contributed by atoms with Gasteiger partial charge in [-0.15, -0.1) is 0 Å². The van der Waals surface area contributed by atoms with Crippen LogP contribution in [0.2, 0.25) is 0 Å². The topological polar surface area (TPSA) is 42.3 Å². The number of imide groups is 1. The number of carbonyl (C=O) groups is 2. The summed E-state index contributed by atoms with van der Waals surface area (Å²) in [5.74, 6) is -1.07. The minimum Gasteiger partial charge on any atom is -0.308 e. The molecule has 1 aromatic heterocycles. The number of carbonyl (C=O) groups excluding carboxylic acids is 2. The summed E-state index contributed by atoms with van der Waals surface area (Å²) >= 11 is 0. The minimum atomic E-state index is -5.02. The smallest absolute Gasteiger partial charge is 0.308 e. The molecule has 0 spiro atoms. The first-order valence-corrected chi connectivity index (χ1v) is 11.7. The number of amides is 2. The zero-order valence-electron chi connectivity index (χ0n) is 20.0. The molecule has 6 rings (SSSR count). The first kappa shape index (κ1) is 24.7. The number of hydrogen-bond acceptors (Lipinski definition) is 2. The molecule has 0 N–H and O–H groups in total. The zero-order valence-corrected chi connectivity index (χ0v) is 20.0. The second-order valence-electron chi connectivity index (χ2n) is 9.22. The van der Waals surface area contributed by atoms with Crippen molar-refractivity contribution in [2.75, 3.05) is 7.05 Å². The monoisotopic (exact) mass is 538 g/mol. The van der Waals surface area contributed by atoms with E-state index < -0.39 is 35.3 Å². The van der Waals surface area contributed by atoms with Crippen LogP contribution in [0.25, 0.3) is 38.6 Å². The Balaban J connectivity index is 1.76. The van der Waals surface area contributed by atoms with Crippen LogP contribution in [0.5, 0.6) is 0 Å². The quantitative estimate of drug-likeness (QED) is 0.171. The van der Waals surface area contributed by atoms with E-state index in [9.17, 15) is 35.9 Å². The van der Waals surface area contributed by atoms with Crippen molar-refractivity contribution in [1.82, 2.24) is 9.47 Å². The van der Waals surface area contributed by atoms with Gasteiger partial charge in [-0.1, -0.05) is 42.5 Å².